The van der Waals surface area contributed by atoms with Crippen molar-refractivity contribution in [2.24, 2.45) is 5.92 Å². The van der Waals surface area contributed by atoms with Gasteiger partial charge in [-0.25, -0.2) is 0 Å². The van der Waals surface area contributed by atoms with Crippen molar-refractivity contribution in [1.29, 1.82) is 0 Å². The van der Waals surface area contributed by atoms with E-state index in [1.165, 1.54) is 0 Å². The fraction of sp³-hybridized carbons (Fsp3) is 0.571. The van der Waals surface area contributed by atoms with Crippen molar-refractivity contribution in [3.8, 4) is 0 Å². The molecule has 19 heavy (non-hydrogen) atoms. The summed E-state index contributed by atoms with van der Waals surface area (Å²) in [4.78, 5) is 0.236. The van der Waals surface area contributed by atoms with Crippen LogP contribution in [0.15, 0.2) is 29.2 Å². The Balaban J connectivity index is 1.85. The molecule has 0 saturated carbocycles. The molecule has 1 aliphatic heterocycles. The van der Waals surface area contributed by atoms with Crippen LogP contribution < -0.4 is 5.32 Å². The molecule has 1 unspecified atom stereocenters. The summed E-state index contributed by atoms with van der Waals surface area (Å²) in [7, 11) is -3.60. The minimum absolute atomic E-state index is 0.236. The van der Waals surface area contributed by atoms with E-state index in [2.05, 4.69) is 5.32 Å². The van der Waals surface area contributed by atoms with E-state index in [9.17, 15) is 8.42 Å². The van der Waals surface area contributed by atoms with Crippen LogP contribution in [-0.2, 0) is 14.3 Å². The van der Waals surface area contributed by atoms with E-state index >= 15 is 0 Å². The Morgan fingerprint density at radius 2 is 2.05 bits per heavy atom. The van der Waals surface area contributed by atoms with Gasteiger partial charge in [0.25, 0.3) is 10.1 Å². The molecular formula is C14H21NO3S. The van der Waals surface area contributed by atoms with E-state index in [1.54, 1.807) is 24.3 Å². The first-order valence-corrected chi connectivity index (χ1v) is 8.15. The van der Waals surface area contributed by atoms with Crippen LogP contribution in [0.5, 0.6) is 0 Å². The van der Waals surface area contributed by atoms with Crippen LogP contribution in [0.4, 0.5) is 0 Å². The molecule has 106 valence electrons. The summed E-state index contributed by atoms with van der Waals surface area (Å²) in [5.74, 6) is 0.530. The van der Waals surface area contributed by atoms with Crippen molar-refractivity contribution >= 4 is 10.1 Å². The third-order valence-corrected chi connectivity index (χ3v) is 4.80. The largest absolute Gasteiger partial charge is 0.316 e. The van der Waals surface area contributed by atoms with Gasteiger partial charge < -0.3 is 5.32 Å². The Morgan fingerprint density at radius 3 is 2.68 bits per heavy atom. The number of benzene rings is 1. The highest BCUT2D eigenvalue weighted by Gasteiger charge is 2.17. The second-order valence-corrected chi connectivity index (χ2v) is 6.71. The molecule has 4 nitrogen and oxygen atoms in total. The average molecular weight is 283 g/mol. The Morgan fingerprint density at radius 1 is 1.32 bits per heavy atom. The van der Waals surface area contributed by atoms with Crippen LogP contribution in [0.25, 0.3) is 0 Å². The minimum atomic E-state index is -3.60. The third kappa shape index (κ3) is 4.30. The molecular weight excluding hydrogens is 262 g/mol. The highest BCUT2D eigenvalue weighted by Crippen LogP contribution is 2.17. The summed E-state index contributed by atoms with van der Waals surface area (Å²) in [5.41, 5.74) is 1.03. The Bertz CT molecular complexity index is 490. The van der Waals surface area contributed by atoms with Crippen molar-refractivity contribution in [1.82, 2.24) is 5.32 Å². The second kappa shape index (κ2) is 6.50. The monoisotopic (exact) mass is 283 g/mol. The number of piperidine rings is 1. The summed E-state index contributed by atoms with van der Waals surface area (Å²) in [6.45, 7) is 4.23. The highest BCUT2D eigenvalue weighted by atomic mass is 32.2. The second-order valence-electron chi connectivity index (χ2n) is 5.09. The lowest BCUT2D eigenvalue weighted by Crippen LogP contribution is -2.30. The standard InChI is InChI=1S/C14H21NO3S/c1-12-4-6-14(7-5-12)19(16,17)18-10-8-13-3-2-9-15-11-13/h4-7,13,15H,2-3,8-11H2,1H3. The van der Waals surface area contributed by atoms with Gasteiger partial charge in [0.15, 0.2) is 0 Å². The molecule has 1 fully saturated rings. The van der Waals surface area contributed by atoms with Crippen molar-refractivity contribution in [3.05, 3.63) is 29.8 Å². The van der Waals surface area contributed by atoms with Gasteiger partial charge in [-0.2, -0.15) is 8.42 Å². The Kier molecular flexibility index (Phi) is 4.96. The Labute approximate surface area is 115 Å². The van der Waals surface area contributed by atoms with Crippen molar-refractivity contribution in [3.63, 3.8) is 0 Å². The summed E-state index contributed by atoms with van der Waals surface area (Å²) in [5, 5.41) is 3.32. The maximum absolute atomic E-state index is 11.9. The summed E-state index contributed by atoms with van der Waals surface area (Å²) in [6.07, 6.45) is 3.11. The van der Waals surface area contributed by atoms with Crippen molar-refractivity contribution < 1.29 is 12.6 Å². The van der Waals surface area contributed by atoms with Gasteiger partial charge in [0.05, 0.1) is 11.5 Å². The molecule has 0 amide bonds. The van der Waals surface area contributed by atoms with E-state index in [0.29, 0.717) is 5.92 Å². The van der Waals surface area contributed by atoms with E-state index in [1.807, 2.05) is 6.92 Å². The average Bonchev–Trinajstić information content (AvgIpc) is 2.40. The number of aryl methyl sites for hydroxylation is 1. The van der Waals surface area contributed by atoms with Crippen molar-refractivity contribution in [2.75, 3.05) is 19.7 Å². The molecule has 1 N–H and O–H groups in total. The summed E-state index contributed by atoms with van der Waals surface area (Å²) < 4.78 is 29.0. The van der Waals surface area contributed by atoms with Crippen LogP contribution in [-0.4, -0.2) is 28.1 Å². The van der Waals surface area contributed by atoms with E-state index in [4.69, 9.17) is 4.18 Å². The predicted octanol–water partition coefficient (Wildman–Crippen LogP) is 2.09. The maximum Gasteiger partial charge on any atom is 0.296 e. The van der Waals surface area contributed by atoms with Crippen molar-refractivity contribution in [2.45, 2.75) is 31.1 Å². The first kappa shape index (κ1) is 14.5. The summed E-state index contributed by atoms with van der Waals surface area (Å²) in [6, 6.07) is 6.74. The quantitative estimate of drug-likeness (QED) is 0.841. The zero-order chi connectivity index (χ0) is 13.7. The molecule has 2 rings (SSSR count). The zero-order valence-electron chi connectivity index (χ0n) is 11.3. The lowest BCUT2D eigenvalue weighted by Gasteiger charge is -2.22. The van der Waals surface area contributed by atoms with Gasteiger partial charge in [-0.3, -0.25) is 4.18 Å². The van der Waals surface area contributed by atoms with Gasteiger partial charge in [0.1, 0.15) is 0 Å². The number of rotatable bonds is 5. The first-order chi connectivity index (χ1) is 9.08. The van der Waals surface area contributed by atoms with Gasteiger partial charge in [0.2, 0.25) is 0 Å². The molecule has 1 saturated heterocycles. The summed E-state index contributed by atoms with van der Waals surface area (Å²) >= 11 is 0. The van der Waals surface area contributed by atoms with Crippen LogP contribution >= 0.6 is 0 Å². The van der Waals surface area contributed by atoms with Crippen LogP contribution in [0, 0.1) is 12.8 Å². The molecule has 1 atom stereocenters. The molecule has 0 aliphatic carbocycles. The lowest BCUT2D eigenvalue weighted by molar-refractivity contribution is 0.258. The van der Waals surface area contributed by atoms with Gasteiger partial charge in [0, 0.05) is 0 Å². The van der Waals surface area contributed by atoms with Crippen LogP contribution in [0.3, 0.4) is 0 Å². The van der Waals surface area contributed by atoms with Gasteiger partial charge in [-0.15, -0.1) is 0 Å². The van der Waals surface area contributed by atoms with Gasteiger partial charge >= 0.3 is 0 Å². The van der Waals surface area contributed by atoms with Gasteiger partial charge in [-0.1, -0.05) is 17.7 Å². The zero-order valence-corrected chi connectivity index (χ0v) is 12.1. The number of hydrogen-bond donors (Lipinski definition) is 1. The molecule has 0 bridgehead atoms. The third-order valence-electron chi connectivity index (χ3n) is 3.47. The smallest absolute Gasteiger partial charge is 0.296 e. The molecule has 1 aromatic rings. The molecule has 1 aliphatic rings. The SMILES string of the molecule is Cc1ccc(S(=O)(=O)OCCC2CCCNC2)cc1. The fourth-order valence-electron chi connectivity index (χ4n) is 2.27. The highest BCUT2D eigenvalue weighted by molar-refractivity contribution is 7.86. The Hall–Kier alpha value is -0.910. The molecule has 0 aromatic heterocycles. The normalized spacial score (nSPS) is 20.4. The first-order valence-electron chi connectivity index (χ1n) is 6.75. The minimum Gasteiger partial charge on any atom is -0.316 e. The number of hydrogen-bond acceptors (Lipinski definition) is 4. The predicted molar refractivity (Wildman–Crippen MR) is 74.5 cm³/mol. The molecule has 0 spiro atoms. The molecule has 1 aromatic carbocycles. The topological polar surface area (TPSA) is 55.4 Å². The fourth-order valence-corrected chi connectivity index (χ4v) is 3.19. The molecule has 0 radical (unpaired) electrons. The van der Waals surface area contributed by atoms with E-state index in [-0.39, 0.29) is 11.5 Å². The number of nitrogens with one attached hydrogen (secondary N) is 1. The van der Waals surface area contributed by atoms with Crippen LogP contribution in [0.1, 0.15) is 24.8 Å². The van der Waals surface area contributed by atoms with Gasteiger partial charge in [-0.05, 0) is 57.3 Å². The van der Waals surface area contributed by atoms with E-state index in [0.717, 1.165) is 37.9 Å². The van der Waals surface area contributed by atoms with E-state index < -0.39 is 10.1 Å². The lowest BCUT2D eigenvalue weighted by atomic mass is 9.97. The maximum atomic E-state index is 11.9. The molecule has 1 heterocycles. The van der Waals surface area contributed by atoms with Crippen LogP contribution in [0.2, 0.25) is 0 Å². The molecule has 5 heteroatoms.